The molecule has 0 amide bonds. The van der Waals surface area contributed by atoms with Gasteiger partial charge in [0.1, 0.15) is 0 Å². The quantitative estimate of drug-likeness (QED) is 0.640. The van der Waals surface area contributed by atoms with Crippen molar-refractivity contribution in [2.24, 2.45) is 0 Å². The molecule has 108 valence electrons. The molecule has 0 aliphatic rings. The normalized spacial score (nSPS) is 10.5. The van der Waals surface area contributed by atoms with Crippen LogP contribution in [0.2, 0.25) is 0 Å². The van der Waals surface area contributed by atoms with E-state index in [1.807, 2.05) is 19.1 Å². The third-order valence-electron chi connectivity index (χ3n) is 3.53. The fourth-order valence-corrected chi connectivity index (χ4v) is 2.06. The molecule has 0 aliphatic heterocycles. The minimum absolute atomic E-state index is 0.270. The first-order valence-corrected chi connectivity index (χ1v) is 6.77. The van der Waals surface area contributed by atoms with Crippen LogP contribution in [0.3, 0.4) is 0 Å². The molecular formula is C19H18F2. The van der Waals surface area contributed by atoms with Crippen LogP contribution >= 0.6 is 0 Å². The van der Waals surface area contributed by atoms with Crippen molar-refractivity contribution in [1.82, 2.24) is 0 Å². The number of rotatable bonds is 4. The topological polar surface area (TPSA) is 0 Å². The lowest BCUT2D eigenvalue weighted by Crippen LogP contribution is -1.99. The highest BCUT2D eigenvalue weighted by molar-refractivity contribution is 5.65. The zero-order valence-corrected chi connectivity index (χ0v) is 12.3. The summed E-state index contributed by atoms with van der Waals surface area (Å²) in [6.07, 6.45) is 0.270. The molecular weight excluding hydrogens is 266 g/mol. The van der Waals surface area contributed by atoms with Gasteiger partial charge < -0.3 is 0 Å². The highest BCUT2D eigenvalue weighted by Gasteiger charge is 2.15. The molecule has 0 aliphatic carbocycles. The standard InChI is InChI=1S/C19H18F2/c1-12(2)14(4)11-16-9-10-17(19(21)18(16)20)15-7-5-13(3)6-8-15/h5-10H,1,4,11H2,2-3H3. The van der Waals surface area contributed by atoms with Gasteiger partial charge in [0.25, 0.3) is 0 Å². The molecule has 0 aromatic heterocycles. The summed E-state index contributed by atoms with van der Waals surface area (Å²) in [4.78, 5) is 0. The SMILES string of the molecule is C=C(C)C(=C)Cc1ccc(-c2ccc(C)cc2)c(F)c1F. The lowest BCUT2D eigenvalue weighted by Gasteiger charge is -2.10. The van der Waals surface area contributed by atoms with Gasteiger partial charge in [0.2, 0.25) is 0 Å². The third kappa shape index (κ3) is 3.27. The van der Waals surface area contributed by atoms with E-state index in [2.05, 4.69) is 13.2 Å². The predicted molar refractivity (Wildman–Crippen MR) is 84.2 cm³/mol. The van der Waals surface area contributed by atoms with Crippen molar-refractivity contribution in [2.45, 2.75) is 20.3 Å². The monoisotopic (exact) mass is 284 g/mol. The first kappa shape index (κ1) is 15.2. The van der Waals surface area contributed by atoms with E-state index in [0.717, 1.165) is 11.1 Å². The first-order valence-electron chi connectivity index (χ1n) is 6.77. The second kappa shape index (κ2) is 6.04. The van der Waals surface area contributed by atoms with Crippen LogP contribution in [0.25, 0.3) is 11.1 Å². The van der Waals surface area contributed by atoms with Gasteiger partial charge in [-0.05, 0) is 30.5 Å². The van der Waals surface area contributed by atoms with Crippen molar-refractivity contribution in [3.05, 3.63) is 83.5 Å². The van der Waals surface area contributed by atoms with Gasteiger partial charge in [0.05, 0.1) is 0 Å². The number of hydrogen-bond donors (Lipinski definition) is 0. The number of allylic oxidation sites excluding steroid dienone is 2. The van der Waals surface area contributed by atoms with E-state index in [0.29, 0.717) is 16.7 Å². The van der Waals surface area contributed by atoms with Crippen LogP contribution in [0.4, 0.5) is 8.78 Å². The minimum atomic E-state index is -0.814. The third-order valence-corrected chi connectivity index (χ3v) is 3.53. The van der Waals surface area contributed by atoms with Gasteiger partial charge in [-0.2, -0.15) is 0 Å². The zero-order valence-electron chi connectivity index (χ0n) is 12.3. The van der Waals surface area contributed by atoms with Gasteiger partial charge in [0, 0.05) is 12.0 Å². The van der Waals surface area contributed by atoms with Gasteiger partial charge >= 0.3 is 0 Å². The summed E-state index contributed by atoms with van der Waals surface area (Å²) >= 11 is 0. The van der Waals surface area contributed by atoms with Gasteiger partial charge in [0.15, 0.2) is 11.6 Å². The summed E-state index contributed by atoms with van der Waals surface area (Å²) in [5.74, 6) is -1.62. The second-order valence-electron chi connectivity index (χ2n) is 5.33. The van der Waals surface area contributed by atoms with Crippen LogP contribution in [-0.4, -0.2) is 0 Å². The molecule has 0 unspecified atom stereocenters. The maximum atomic E-state index is 14.3. The average Bonchev–Trinajstić information content (AvgIpc) is 2.45. The zero-order chi connectivity index (χ0) is 15.6. The van der Waals surface area contributed by atoms with E-state index in [4.69, 9.17) is 0 Å². The molecule has 0 N–H and O–H groups in total. The average molecular weight is 284 g/mol. The lowest BCUT2D eigenvalue weighted by molar-refractivity contribution is 0.503. The van der Waals surface area contributed by atoms with Crippen LogP contribution in [0, 0.1) is 18.6 Å². The summed E-state index contributed by atoms with van der Waals surface area (Å²) in [6, 6.07) is 10.6. The van der Waals surface area contributed by atoms with Gasteiger partial charge in [-0.3, -0.25) is 0 Å². The first-order chi connectivity index (χ1) is 9.90. The maximum absolute atomic E-state index is 14.3. The molecule has 0 heterocycles. The van der Waals surface area contributed by atoms with Crippen molar-refractivity contribution in [2.75, 3.05) is 0 Å². The Morgan fingerprint density at radius 1 is 0.952 bits per heavy atom. The van der Waals surface area contributed by atoms with E-state index in [1.165, 1.54) is 0 Å². The molecule has 0 fully saturated rings. The Morgan fingerprint density at radius 2 is 1.57 bits per heavy atom. The van der Waals surface area contributed by atoms with E-state index in [1.54, 1.807) is 31.2 Å². The summed E-state index contributed by atoms with van der Waals surface area (Å²) < 4.78 is 28.5. The summed E-state index contributed by atoms with van der Waals surface area (Å²) in [7, 11) is 0. The molecule has 0 atom stereocenters. The van der Waals surface area contributed by atoms with Crippen LogP contribution in [-0.2, 0) is 6.42 Å². The molecule has 2 heteroatoms. The molecule has 2 aromatic rings. The fourth-order valence-electron chi connectivity index (χ4n) is 2.06. The largest absolute Gasteiger partial charge is 0.203 e. The minimum Gasteiger partial charge on any atom is -0.203 e. The van der Waals surface area contributed by atoms with Crippen molar-refractivity contribution in [3.8, 4) is 11.1 Å². The summed E-state index contributed by atoms with van der Waals surface area (Å²) in [5.41, 5.74) is 3.80. The summed E-state index contributed by atoms with van der Waals surface area (Å²) in [6.45, 7) is 11.3. The molecule has 0 bridgehead atoms. The Morgan fingerprint density at radius 3 is 2.14 bits per heavy atom. The van der Waals surface area contributed by atoms with Crippen molar-refractivity contribution in [1.29, 1.82) is 0 Å². The van der Waals surface area contributed by atoms with Crippen LogP contribution in [0.5, 0.6) is 0 Å². The number of halogens is 2. The smallest absolute Gasteiger partial charge is 0.166 e. The van der Waals surface area contributed by atoms with Crippen molar-refractivity contribution < 1.29 is 8.78 Å². The van der Waals surface area contributed by atoms with E-state index in [9.17, 15) is 8.78 Å². The molecule has 2 aromatic carbocycles. The molecule has 0 saturated carbocycles. The summed E-state index contributed by atoms with van der Waals surface area (Å²) in [5, 5.41) is 0. The van der Waals surface area contributed by atoms with Gasteiger partial charge in [-0.1, -0.05) is 60.7 Å². The van der Waals surface area contributed by atoms with Crippen LogP contribution < -0.4 is 0 Å². The molecule has 0 saturated heterocycles. The highest BCUT2D eigenvalue weighted by atomic mass is 19.2. The molecule has 2 rings (SSSR count). The number of benzene rings is 2. The Balaban J connectivity index is 2.40. The predicted octanol–water partition coefficient (Wildman–Crippen LogP) is 5.62. The molecule has 0 spiro atoms. The Labute approximate surface area is 124 Å². The molecule has 0 radical (unpaired) electrons. The molecule has 0 nitrogen and oxygen atoms in total. The maximum Gasteiger partial charge on any atom is 0.166 e. The van der Waals surface area contributed by atoms with Gasteiger partial charge in [-0.25, -0.2) is 8.78 Å². The Hall–Kier alpha value is -2.22. The van der Waals surface area contributed by atoms with Crippen LogP contribution in [0.1, 0.15) is 18.1 Å². The number of hydrogen-bond acceptors (Lipinski definition) is 0. The lowest BCUT2D eigenvalue weighted by atomic mass is 9.97. The Kier molecular flexibility index (Phi) is 4.37. The number of aryl methyl sites for hydroxylation is 1. The van der Waals surface area contributed by atoms with E-state index in [-0.39, 0.29) is 12.0 Å². The van der Waals surface area contributed by atoms with Crippen molar-refractivity contribution in [3.63, 3.8) is 0 Å². The Bertz CT molecular complexity index is 694. The van der Waals surface area contributed by atoms with E-state index < -0.39 is 11.6 Å². The fraction of sp³-hybridized carbons (Fsp3) is 0.158. The molecule has 21 heavy (non-hydrogen) atoms. The highest BCUT2D eigenvalue weighted by Crippen LogP contribution is 2.28. The van der Waals surface area contributed by atoms with Crippen molar-refractivity contribution >= 4 is 0 Å². The second-order valence-corrected chi connectivity index (χ2v) is 5.33. The van der Waals surface area contributed by atoms with E-state index >= 15 is 0 Å². The van der Waals surface area contributed by atoms with Gasteiger partial charge in [-0.15, -0.1) is 0 Å². The van der Waals surface area contributed by atoms with Crippen LogP contribution in [0.15, 0.2) is 60.7 Å².